The van der Waals surface area contributed by atoms with Gasteiger partial charge in [0.1, 0.15) is 5.75 Å². The highest BCUT2D eigenvalue weighted by Gasteiger charge is 2.31. The lowest BCUT2D eigenvalue weighted by Crippen LogP contribution is -2.05. The topological polar surface area (TPSA) is 69.5 Å². The Balaban J connectivity index is 1.59. The number of hydrogen-bond donors (Lipinski definition) is 3. The van der Waals surface area contributed by atoms with Crippen molar-refractivity contribution in [1.29, 1.82) is 0 Å². The lowest BCUT2D eigenvalue weighted by Gasteiger charge is -2.10. The van der Waals surface area contributed by atoms with Crippen molar-refractivity contribution in [3.8, 4) is 39.1 Å². The highest BCUT2D eigenvalue weighted by molar-refractivity contribution is 6.00. The smallest absolute Gasteiger partial charge is 0.200 e. The lowest BCUT2D eigenvalue weighted by molar-refractivity contribution is 0.381. The highest BCUT2D eigenvalue weighted by Crippen LogP contribution is 2.40. The summed E-state index contributed by atoms with van der Waals surface area (Å²) in [5.74, 6) is -21.4. The van der Waals surface area contributed by atoms with E-state index in [0.29, 0.717) is 11.3 Å². The first-order valence-electron chi connectivity index (χ1n) is 15.4. The zero-order valence-electron chi connectivity index (χ0n) is 26.6. The molecule has 0 saturated heterocycles. The van der Waals surface area contributed by atoms with Crippen molar-refractivity contribution >= 4 is 45.3 Å². The predicted octanol–water partition coefficient (Wildman–Crippen LogP) is 11.1. The largest absolute Gasteiger partial charge is 0.497 e. The number of H-pyrrole nitrogens is 3. The van der Waals surface area contributed by atoms with Gasteiger partial charge in [-0.15, -0.1) is 0 Å². The van der Waals surface area contributed by atoms with Crippen LogP contribution in [0, 0.1) is 58.2 Å². The van der Waals surface area contributed by atoms with Crippen LogP contribution in [0.25, 0.3) is 78.6 Å². The molecule has 0 amide bonds. The molecule has 0 radical (unpaired) electrons. The molecule has 1 aliphatic heterocycles. The van der Waals surface area contributed by atoms with Gasteiger partial charge in [-0.1, -0.05) is 12.1 Å². The van der Waals surface area contributed by atoms with Crippen LogP contribution in [0.1, 0.15) is 11.4 Å². The molecule has 0 spiro atoms. The maximum absolute atomic E-state index is 15.5. The number of nitrogens with one attached hydrogen (secondary N) is 3. The predicted molar refractivity (Wildman–Crippen MR) is 178 cm³/mol. The average Bonchev–Trinajstić information content (AvgIpc) is 4.00. The number of nitrogens with zero attached hydrogens (tertiary/aromatic N) is 1. The summed E-state index contributed by atoms with van der Waals surface area (Å²) in [5.41, 5.74) is -2.88. The third-order valence-corrected chi connectivity index (χ3v) is 8.88. The second-order valence-corrected chi connectivity index (χ2v) is 11.8. The Morgan fingerprint density at radius 1 is 0.377 bits per heavy atom. The molecule has 8 rings (SSSR count). The third-order valence-electron chi connectivity index (χ3n) is 8.88. The molecule has 7 aromatic rings. The molecule has 0 unspecified atom stereocenters. The summed E-state index contributed by atoms with van der Waals surface area (Å²) < 4.78 is 154. The molecule has 1 aliphatic rings. The minimum Gasteiger partial charge on any atom is -0.497 e. The van der Waals surface area contributed by atoms with Gasteiger partial charge in [0, 0.05) is 44.3 Å². The van der Waals surface area contributed by atoms with Gasteiger partial charge in [-0.2, -0.15) is 0 Å². The molecule has 5 nitrogen and oxygen atoms in total. The van der Waals surface area contributed by atoms with Gasteiger partial charge in [0.15, 0.2) is 46.5 Å². The van der Waals surface area contributed by atoms with Crippen LogP contribution in [-0.2, 0) is 0 Å². The van der Waals surface area contributed by atoms with Gasteiger partial charge in [0.05, 0.1) is 35.1 Å². The van der Waals surface area contributed by atoms with Crippen LogP contribution >= 0.6 is 0 Å². The Hall–Kier alpha value is -6.51. The van der Waals surface area contributed by atoms with E-state index in [4.69, 9.17) is 4.74 Å². The summed E-state index contributed by atoms with van der Waals surface area (Å²) >= 11 is 0. The van der Waals surface area contributed by atoms with Crippen LogP contribution < -0.4 is 4.74 Å². The minimum atomic E-state index is -2.36. The molecule has 0 atom stereocenters. The number of rotatable bonds is 4. The summed E-state index contributed by atoms with van der Waals surface area (Å²) in [7, 11) is 1.43. The molecular weight excluding hydrogens is 718 g/mol. The quantitative estimate of drug-likeness (QED) is 0.0957. The van der Waals surface area contributed by atoms with E-state index in [9.17, 15) is 26.3 Å². The van der Waals surface area contributed by atoms with E-state index >= 15 is 17.6 Å². The SMILES string of the molecule is COc1ccc(-c2c3ccc([nH]3)c(-c3c(F)c(F)c(F)c(F)c3F)c3nc(c4ccc([nH]4)c(-c4c(F)c(F)c(F)c(F)c4F)c4ccc2[nH]4)C=C3)cc1. The van der Waals surface area contributed by atoms with E-state index in [-0.39, 0.29) is 50.1 Å². The zero-order chi connectivity index (χ0) is 37.5. The minimum absolute atomic E-state index is 0.0173. The molecule has 4 aromatic heterocycles. The molecule has 0 aliphatic carbocycles. The maximum Gasteiger partial charge on any atom is 0.200 e. The molecule has 8 bridgehead atoms. The number of fused-ring (bicyclic) bond motifs is 9. The van der Waals surface area contributed by atoms with Crippen molar-refractivity contribution in [1.82, 2.24) is 19.9 Å². The molecule has 0 fully saturated rings. The van der Waals surface area contributed by atoms with E-state index in [2.05, 4.69) is 19.9 Å². The van der Waals surface area contributed by atoms with Crippen molar-refractivity contribution < 1.29 is 48.6 Å². The Labute approximate surface area is 290 Å². The summed E-state index contributed by atoms with van der Waals surface area (Å²) in [6.45, 7) is 0. The van der Waals surface area contributed by atoms with Crippen LogP contribution in [0.3, 0.4) is 0 Å². The Morgan fingerprint density at radius 2 is 0.736 bits per heavy atom. The molecule has 3 aromatic carbocycles. The first-order valence-corrected chi connectivity index (χ1v) is 15.4. The van der Waals surface area contributed by atoms with E-state index in [0.717, 1.165) is 0 Å². The molecule has 15 heteroatoms. The first-order chi connectivity index (χ1) is 25.4. The molecule has 53 heavy (non-hydrogen) atoms. The molecule has 0 saturated carbocycles. The normalized spacial score (nSPS) is 12.0. The van der Waals surface area contributed by atoms with Gasteiger partial charge in [0.25, 0.3) is 0 Å². The van der Waals surface area contributed by atoms with Crippen LogP contribution in [0.5, 0.6) is 5.75 Å². The van der Waals surface area contributed by atoms with Gasteiger partial charge >= 0.3 is 0 Å². The number of hydrogen-bond acceptors (Lipinski definition) is 2. The van der Waals surface area contributed by atoms with E-state index < -0.39 is 80.4 Å². The average molecular weight is 737 g/mol. The lowest BCUT2D eigenvalue weighted by atomic mass is 10.0. The van der Waals surface area contributed by atoms with E-state index in [1.165, 1.54) is 55.7 Å². The second-order valence-electron chi connectivity index (χ2n) is 11.8. The van der Waals surface area contributed by atoms with Crippen LogP contribution in [0.4, 0.5) is 43.9 Å². The monoisotopic (exact) mass is 736 g/mol. The molecular formula is C38H18F10N4O. The van der Waals surface area contributed by atoms with Crippen molar-refractivity contribution in [3.63, 3.8) is 0 Å². The van der Waals surface area contributed by atoms with Crippen molar-refractivity contribution in [3.05, 3.63) is 130 Å². The van der Waals surface area contributed by atoms with Gasteiger partial charge in [0.2, 0.25) is 11.6 Å². The fraction of sp³-hybridized carbons (Fsp3) is 0.0263. The second kappa shape index (κ2) is 12.3. The third kappa shape index (κ3) is 5.13. The molecule has 5 heterocycles. The van der Waals surface area contributed by atoms with E-state index in [1.807, 2.05) is 0 Å². The molecule has 266 valence electrons. The molecule has 3 N–H and O–H groups in total. The van der Waals surface area contributed by atoms with Crippen molar-refractivity contribution in [2.75, 3.05) is 7.11 Å². The van der Waals surface area contributed by atoms with Crippen LogP contribution in [0.2, 0.25) is 0 Å². The van der Waals surface area contributed by atoms with Gasteiger partial charge in [-0.25, -0.2) is 48.9 Å². The number of aromatic nitrogens is 4. The Kier molecular flexibility index (Phi) is 7.82. The summed E-state index contributed by atoms with van der Waals surface area (Å²) in [6.07, 6.45) is 2.57. The number of aromatic amines is 3. The fourth-order valence-electron chi connectivity index (χ4n) is 6.39. The van der Waals surface area contributed by atoms with E-state index in [1.54, 1.807) is 24.3 Å². The highest BCUT2D eigenvalue weighted by atomic mass is 19.2. The zero-order valence-corrected chi connectivity index (χ0v) is 26.6. The first kappa shape index (κ1) is 33.6. The summed E-state index contributed by atoms with van der Waals surface area (Å²) in [4.78, 5) is 13.2. The number of benzene rings is 3. The number of methoxy groups -OCH3 is 1. The Morgan fingerprint density at radius 3 is 1.21 bits per heavy atom. The van der Waals surface area contributed by atoms with Gasteiger partial charge in [-0.3, -0.25) is 0 Å². The van der Waals surface area contributed by atoms with Crippen LogP contribution in [0.15, 0.2) is 60.7 Å². The van der Waals surface area contributed by atoms with Crippen molar-refractivity contribution in [2.45, 2.75) is 0 Å². The summed E-state index contributed by atoms with van der Waals surface area (Å²) in [5, 5.41) is 0. The van der Waals surface area contributed by atoms with Crippen molar-refractivity contribution in [2.24, 2.45) is 0 Å². The van der Waals surface area contributed by atoms with Crippen LogP contribution in [-0.4, -0.2) is 27.0 Å². The number of ether oxygens (including phenoxy) is 1. The maximum atomic E-state index is 15.5. The van der Waals surface area contributed by atoms with Gasteiger partial charge < -0.3 is 19.7 Å². The fourth-order valence-corrected chi connectivity index (χ4v) is 6.39. The summed E-state index contributed by atoms with van der Waals surface area (Å²) in [6, 6.07) is 14.6. The number of halogens is 10. The Bertz CT molecular complexity index is 2780. The van der Waals surface area contributed by atoms with Gasteiger partial charge in [-0.05, 0) is 66.2 Å². The standard InChI is InChI=1S/C38H18F10N4O/c1-53-15-4-2-14(3-5-15)24-18-10-12-22(51-18)25(27-29(39)33(43)37(47)34(44)30(27)40)20-8-6-16(49-20)17-7-9-21(50-17)26(23-13-11-19(24)52-23)28-31(41)35(45)38(48)36(46)32(28)42/h2-13,49,51-52H,1H3.